The highest BCUT2D eigenvalue weighted by molar-refractivity contribution is 5.48. The lowest BCUT2D eigenvalue weighted by Crippen LogP contribution is -2.53. The lowest BCUT2D eigenvalue weighted by atomic mass is 9.92. The first-order valence-corrected chi connectivity index (χ1v) is 10.6. The third kappa shape index (κ3) is 7.58. The molecule has 0 aliphatic heterocycles. The maximum atomic E-state index is 13.1. The number of hydrogen-bond acceptors (Lipinski definition) is 6. The van der Waals surface area contributed by atoms with Crippen molar-refractivity contribution in [3.8, 4) is 0 Å². The van der Waals surface area contributed by atoms with Crippen LogP contribution in [-0.2, 0) is 5.60 Å². The van der Waals surface area contributed by atoms with Crippen molar-refractivity contribution in [2.75, 3.05) is 26.0 Å². The summed E-state index contributed by atoms with van der Waals surface area (Å²) in [6.45, 7) is 13.3. The molecule has 1 aromatic carbocycles. The van der Waals surface area contributed by atoms with Crippen LogP contribution in [-0.4, -0.2) is 73.0 Å². The molecular weight excluding hydrogens is 478 g/mol. The van der Waals surface area contributed by atoms with Crippen LogP contribution in [0.2, 0.25) is 0 Å². The van der Waals surface area contributed by atoms with Crippen LogP contribution in [0.25, 0.3) is 0 Å². The van der Waals surface area contributed by atoms with Gasteiger partial charge in [0.2, 0.25) is 0 Å². The number of nitrogens with zero attached hydrogens (tertiary/aromatic N) is 5. The summed E-state index contributed by atoms with van der Waals surface area (Å²) >= 11 is 0. The van der Waals surface area contributed by atoms with Crippen LogP contribution in [0.3, 0.4) is 0 Å². The molecule has 1 rings (SSSR count). The van der Waals surface area contributed by atoms with Crippen molar-refractivity contribution >= 4 is 12.4 Å². The third-order valence-corrected chi connectivity index (χ3v) is 5.70. The molecule has 0 radical (unpaired) electrons. The maximum absolute atomic E-state index is 13.1. The Kier molecular flexibility index (Phi) is 10.1. The first-order chi connectivity index (χ1) is 16.0. The third-order valence-electron chi connectivity index (χ3n) is 5.70. The van der Waals surface area contributed by atoms with E-state index >= 15 is 0 Å². The van der Waals surface area contributed by atoms with Gasteiger partial charge in [0.25, 0.3) is 5.60 Å². The highest BCUT2D eigenvalue weighted by Crippen LogP contribution is 2.50. The van der Waals surface area contributed by atoms with Gasteiger partial charge in [-0.1, -0.05) is 29.5 Å². The predicted molar refractivity (Wildman–Crippen MR) is 123 cm³/mol. The zero-order valence-electron chi connectivity index (χ0n) is 20.3. The fourth-order valence-electron chi connectivity index (χ4n) is 3.01. The van der Waals surface area contributed by atoms with Crippen molar-refractivity contribution < 1.29 is 31.4 Å². The zero-order valence-corrected chi connectivity index (χ0v) is 20.3. The van der Waals surface area contributed by atoms with Crippen LogP contribution in [0.1, 0.15) is 32.8 Å². The Morgan fingerprint density at radius 2 is 1.57 bits per heavy atom. The second kappa shape index (κ2) is 11.7. The van der Waals surface area contributed by atoms with Gasteiger partial charge in [-0.2, -0.15) is 36.6 Å². The van der Waals surface area contributed by atoms with Crippen molar-refractivity contribution in [1.29, 1.82) is 0 Å². The number of benzene rings is 1. The molecule has 0 aromatic heterocycles. The van der Waals surface area contributed by atoms with Crippen LogP contribution >= 0.6 is 0 Å². The normalized spacial score (nSPS) is 15.4. The molecular formula is C22H32F6N6O. The Labute approximate surface area is 201 Å². The molecule has 13 heteroatoms. The van der Waals surface area contributed by atoms with Gasteiger partial charge >= 0.3 is 12.4 Å². The van der Waals surface area contributed by atoms with Crippen LogP contribution in [0, 0.1) is 0 Å². The molecule has 0 saturated heterocycles. The van der Waals surface area contributed by atoms with E-state index in [1.54, 1.807) is 31.0 Å². The van der Waals surface area contributed by atoms with Gasteiger partial charge in [0.1, 0.15) is 0 Å². The Bertz CT molecular complexity index is 857. The number of anilines is 1. The van der Waals surface area contributed by atoms with Gasteiger partial charge in [-0.15, -0.1) is 0 Å². The van der Waals surface area contributed by atoms with Crippen molar-refractivity contribution in [2.24, 2.45) is 15.4 Å². The molecule has 0 spiro atoms. The molecule has 0 bridgehead atoms. The molecule has 0 fully saturated rings. The number of aliphatic hydroxyl groups is 1. The Morgan fingerprint density at radius 3 is 2.00 bits per heavy atom. The van der Waals surface area contributed by atoms with Gasteiger partial charge in [-0.05, 0) is 39.3 Å². The fraction of sp³-hybridized carbons (Fsp3) is 0.591. The first-order valence-electron chi connectivity index (χ1n) is 10.6. The Morgan fingerprint density at radius 1 is 1.06 bits per heavy atom. The molecule has 1 aromatic rings. The summed E-state index contributed by atoms with van der Waals surface area (Å²) in [5.41, 5.74) is -5.33. The minimum absolute atomic E-state index is 0.0233. The number of hydrazone groups is 1. The standard InChI is InChI=1S/C22H32F6N6O/c1-14(2)19(12-13-33(6)32-31-15(3)16(4)34(7)29-5)30-18-10-8-17(9-11-18)20(35,21(23,24)25)22(26,27)28/h8-11,15-16,19,30,35H,1,5,12-13H2,2-4,6-7H3/b32-31-/t15-,16?,19?/m0/s1. The molecule has 0 saturated carbocycles. The van der Waals surface area contributed by atoms with E-state index in [-0.39, 0.29) is 23.8 Å². The van der Waals surface area contributed by atoms with Crippen molar-refractivity contribution in [3.63, 3.8) is 0 Å². The molecule has 0 amide bonds. The van der Waals surface area contributed by atoms with Crippen LogP contribution in [0.5, 0.6) is 0 Å². The topological polar surface area (TPSA) is 75.8 Å². The second-order valence-electron chi connectivity index (χ2n) is 8.40. The molecule has 0 heterocycles. The van der Waals surface area contributed by atoms with Crippen molar-refractivity contribution in [3.05, 3.63) is 42.0 Å². The SMILES string of the molecule is C=NN(C)C(C)[C@H](C)/N=N\N(C)CCC(Nc1ccc(C(O)(C(F)(F)F)C(F)(F)F)cc1)C(=C)C. The van der Waals surface area contributed by atoms with E-state index < -0.39 is 23.5 Å². The number of rotatable bonds is 12. The monoisotopic (exact) mass is 510 g/mol. The predicted octanol–water partition coefficient (Wildman–Crippen LogP) is 5.37. The lowest BCUT2D eigenvalue weighted by Gasteiger charge is -2.32. The van der Waals surface area contributed by atoms with Gasteiger partial charge < -0.3 is 10.4 Å². The average molecular weight is 511 g/mol. The second-order valence-corrected chi connectivity index (χ2v) is 8.40. The van der Waals surface area contributed by atoms with E-state index in [1.807, 2.05) is 13.8 Å². The molecule has 2 N–H and O–H groups in total. The number of nitrogens with one attached hydrogen (secondary N) is 1. The van der Waals surface area contributed by atoms with E-state index in [0.717, 1.165) is 12.1 Å². The molecule has 0 aliphatic carbocycles. The Hall–Kier alpha value is -2.83. The van der Waals surface area contributed by atoms with Crippen LogP contribution < -0.4 is 5.32 Å². The van der Waals surface area contributed by atoms with Crippen molar-refractivity contribution in [2.45, 2.75) is 63.3 Å². The largest absolute Gasteiger partial charge is 0.430 e. The fourth-order valence-corrected chi connectivity index (χ4v) is 3.01. The minimum atomic E-state index is -5.94. The van der Waals surface area contributed by atoms with E-state index in [0.29, 0.717) is 30.7 Å². The molecule has 2 unspecified atom stereocenters. The highest BCUT2D eigenvalue weighted by atomic mass is 19.4. The minimum Gasteiger partial charge on any atom is -0.379 e. The molecule has 0 aliphatic rings. The summed E-state index contributed by atoms with van der Waals surface area (Å²) in [5.74, 6) is 0. The van der Waals surface area contributed by atoms with Gasteiger partial charge in [-0.3, -0.25) is 10.0 Å². The van der Waals surface area contributed by atoms with Gasteiger partial charge in [0.05, 0.1) is 12.1 Å². The highest BCUT2D eigenvalue weighted by Gasteiger charge is 2.71. The van der Waals surface area contributed by atoms with E-state index in [9.17, 15) is 31.4 Å². The summed E-state index contributed by atoms with van der Waals surface area (Å²) in [6, 6.07) is 2.75. The summed E-state index contributed by atoms with van der Waals surface area (Å²) in [6.07, 6.45) is -11.4. The van der Waals surface area contributed by atoms with Gasteiger partial charge in [0, 0.05) is 44.7 Å². The average Bonchev–Trinajstić information content (AvgIpc) is 2.77. The molecule has 3 atom stereocenters. The molecule has 198 valence electrons. The van der Waals surface area contributed by atoms with E-state index in [2.05, 4.69) is 34.1 Å². The summed E-state index contributed by atoms with van der Waals surface area (Å²) < 4.78 is 78.4. The van der Waals surface area contributed by atoms with E-state index in [4.69, 9.17) is 0 Å². The molecule has 7 nitrogen and oxygen atoms in total. The number of halogens is 6. The first kappa shape index (κ1) is 30.2. The van der Waals surface area contributed by atoms with Gasteiger partial charge in [0.15, 0.2) is 0 Å². The van der Waals surface area contributed by atoms with E-state index in [1.165, 1.54) is 0 Å². The number of likely N-dealkylation sites (N-methyl/N-ethyl adjacent to an activating group) is 1. The summed E-state index contributed by atoms with van der Waals surface area (Å²) in [5, 5.41) is 28.0. The smallest absolute Gasteiger partial charge is 0.379 e. The zero-order chi connectivity index (χ0) is 27.2. The lowest BCUT2D eigenvalue weighted by molar-refractivity contribution is -0.376. The quantitative estimate of drug-likeness (QED) is 0.130. The van der Waals surface area contributed by atoms with Crippen LogP contribution in [0.4, 0.5) is 32.0 Å². The molecule has 35 heavy (non-hydrogen) atoms. The Balaban J connectivity index is 2.88. The van der Waals surface area contributed by atoms with Crippen LogP contribution in [0.15, 0.2) is 51.9 Å². The van der Waals surface area contributed by atoms with Gasteiger partial charge in [-0.25, -0.2) is 0 Å². The number of hydrogen-bond donors (Lipinski definition) is 2. The maximum Gasteiger partial charge on any atom is 0.430 e. The van der Waals surface area contributed by atoms with Crippen molar-refractivity contribution in [1.82, 2.24) is 10.0 Å². The summed E-state index contributed by atoms with van der Waals surface area (Å²) in [7, 11) is 3.49. The number of alkyl halides is 6. The summed E-state index contributed by atoms with van der Waals surface area (Å²) in [4.78, 5) is 0.